The number of rotatable bonds is 6. The van der Waals surface area contributed by atoms with E-state index in [0.717, 1.165) is 33.1 Å². The van der Waals surface area contributed by atoms with Crippen LogP contribution in [0.25, 0.3) is 0 Å². The van der Waals surface area contributed by atoms with Crippen LogP contribution in [-0.2, 0) is 18.3 Å². The van der Waals surface area contributed by atoms with Crippen molar-refractivity contribution in [1.82, 2.24) is 14.8 Å². The van der Waals surface area contributed by atoms with Crippen LogP contribution in [0.15, 0.2) is 45.3 Å². The van der Waals surface area contributed by atoms with Crippen molar-refractivity contribution >= 4 is 50.6 Å². The molecule has 1 N–H and O–H groups in total. The Labute approximate surface area is 163 Å². The second-order valence-electron chi connectivity index (χ2n) is 5.51. The van der Waals surface area contributed by atoms with E-state index in [9.17, 15) is 4.79 Å². The number of thioether (sulfide) groups is 1. The molecule has 130 valence electrons. The number of thiophene rings is 1. The van der Waals surface area contributed by atoms with Crippen molar-refractivity contribution in [1.29, 1.82) is 0 Å². The van der Waals surface area contributed by atoms with Gasteiger partial charge in [-0.1, -0.05) is 33.8 Å². The summed E-state index contributed by atoms with van der Waals surface area (Å²) in [5, 5.41) is 14.1. The zero-order chi connectivity index (χ0) is 17.8. The highest BCUT2D eigenvalue weighted by Gasteiger charge is 2.12. The van der Waals surface area contributed by atoms with Gasteiger partial charge in [-0.05, 0) is 42.1 Å². The number of halogens is 1. The number of benzene rings is 1. The van der Waals surface area contributed by atoms with Crippen LogP contribution in [0.5, 0.6) is 0 Å². The van der Waals surface area contributed by atoms with Crippen molar-refractivity contribution in [3.63, 3.8) is 0 Å². The SMILES string of the molecule is Cc1cc(NC(=O)CSc2nnc(Cc3cccs3)n2C)ccc1Br. The molecule has 2 aromatic heterocycles. The Bertz CT molecular complexity index is 877. The number of aryl methyl sites for hydroxylation is 1. The van der Waals surface area contributed by atoms with Crippen LogP contribution in [0.4, 0.5) is 5.69 Å². The predicted molar refractivity (Wildman–Crippen MR) is 106 cm³/mol. The second-order valence-corrected chi connectivity index (χ2v) is 8.34. The number of carbonyl (C=O) groups excluding carboxylic acids is 1. The summed E-state index contributed by atoms with van der Waals surface area (Å²) in [6.45, 7) is 1.99. The summed E-state index contributed by atoms with van der Waals surface area (Å²) >= 11 is 6.54. The number of nitrogens with one attached hydrogen (secondary N) is 1. The minimum atomic E-state index is -0.0606. The second kappa shape index (κ2) is 8.16. The number of hydrogen-bond acceptors (Lipinski definition) is 5. The van der Waals surface area contributed by atoms with Crippen LogP contribution in [-0.4, -0.2) is 26.4 Å². The largest absolute Gasteiger partial charge is 0.325 e. The molecule has 0 unspecified atom stereocenters. The molecule has 3 rings (SSSR count). The molecule has 0 saturated heterocycles. The maximum Gasteiger partial charge on any atom is 0.234 e. The summed E-state index contributed by atoms with van der Waals surface area (Å²) in [7, 11) is 1.93. The molecule has 3 aromatic rings. The summed E-state index contributed by atoms with van der Waals surface area (Å²) in [6.07, 6.45) is 0.756. The summed E-state index contributed by atoms with van der Waals surface area (Å²) < 4.78 is 2.97. The molecule has 1 aromatic carbocycles. The Balaban J connectivity index is 1.57. The first-order chi connectivity index (χ1) is 12.0. The van der Waals surface area contributed by atoms with E-state index in [4.69, 9.17) is 0 Å². The lowest BCUT2D eigenvalue weighted by molar-refractivity contribution is -0.113. The Morgan fingerprint density at radius 1 is 1.36 bits per heavy atom. The average Bonchev–Trinajstić information content (AvgIpc) is 3.21. The topological polar surface area (TPSA) is 59.8 Å². The van der Waals surface area contributed by atoms with Crippen molar-refractivity contribution in [3.8, 4) is 0 Å². The Morgan fingerprint density at radius 3 is 2.92 bits per heavy atom. The molecular weight excluding hydrogens is 420 g/mol. The monoisotopic (exact) mass is 436 g/mol. The average molecular weight is 437 g/mol. The molecule has 0 atom stereocenters. The molecule has 0 saturated carbocycles. The first-order valence-corrected chi connectivity index (χ1v) is 10.3. The van der Waals surface area contributed by atoms with Crippen LogP contribution >= 0.6 is 39.0 Å². The van der Waals surface area contributed by atoms with Crippen LogP contribution < -0.4 is 5.32 Å². The number of amides is 1. The fourth-order valence-electron chi connectivity index (χ4n) is 2.24. The maximum atomic E-state index is 12.2. The molecular formula is C17H17BrN4OS2. The highest BCUT2D eigenvalue weighted by Crippen LogP contribution is 2.22. The maximum absolute atomic E-state index is 12.2. The first-order valence-electron chi connectivity index (χ1n) is 7.62. The number of hydrogen-bond donors (Lipinski definition) is 1. The van der Waals surface area contributed by atoms with E-state index in [-0.39, 0.29) is 5.91 Å². The summed E-state index contributed by atoms with van der Waals surface area (Å²) in [6, 6.07) is 9.85. The Kier molecular flexibility index (Phi) is 5.93. The van der Waals surface area contributed by atoms with Gasteiger partial charge in [-0.2, -0.15) is 0 Å². The van der Waals surface area contributed by atoms with Gasteiger partial charge in [0.1, 0.15) is 5.82 Å². The molecule has 0 bridgehead atoms. The van der Waals surface area contributed by atoms with Gasteiger partial charge in [0, 0.05) is 28.5 Å². The number of carbonyl (C=O) groups is 1. The molecule has 0 fully saturated rings. The fraction of sp³-hybridized carbons (Fsp3) is 0.235. The molecule has 25 heavy (non-hydrogen) atoms. The van der Waals surface area contributed by atoms with E-state index >= 15 is 0 Å². The summed E-state index contributed by atoms with van der Waals surface area (Å²) in [4.78, 5) is 13.4. The van der Waals surface area contributed by atoms with Crippen LogP contribution in [0, 0.1) is 6.92 Å². The Morgan fingerprint density at radius 2 is 2.20 bits per heavy atom. The number of nitrogens with zero attached hydrogens (tertiary/aromatic N) is 3. The van der Waals surface area contributed by atoms with E-state index in [1.165, 1.54) is 16.6 Å². The van der Waals surface area contributed by atoms with Gasteiger partial charge < -0.3 is 9.88 Å². The van der Waals surface area contributed by atoms with Gasteiger partial charge in [-0.25, -0.2) is 0 Å². The van der Waals surface area contributed by atoms with E-state index < -0.39 is 0 Å². The summed E-state index contributed by atoms with van der Waals surface area (Å²) in [5.41, 5.74) is 1.87. The molecule has 0 aliphatic rings. The van der Waals surface area contributed by atoms with E-state index in [2.05, 4.69) is 42.9 Å². The summed E-state index contributed by atoms with van der Waals surface area (Å²) in [5.74, 6) is 1.13. The lowest BCUT2D eigenvalue weighted by atomic mass is 10.2. The molecule has 0 aliphatic heterocycles. The minimum absolute atomic E-state index is 0.0606. The van der Waals surface area contributed by atoms with Gasteiger partial charge in [0.15, 0.2) is 5.16 Å². The van der Waals surface area contributed by atoms with Gasteiger partial charge in [-0.15, -0.1) is 21.5 Å². The number of anilines is 1. The normalized spacial score (nSPS) is 10.8. The van der Waals surface area contributed by atoms with Crippen molar-refractivity contribution in [2.45, 2.75) is 18.5 Å². The van der Waals surface area contributed by atoms with Crippen molar-refractivity contribution in [2.75, 3.05) is 11.1 Å². The zero-order valence-electron chi connectivity index (χ0n) is 13.8. The van der Waals surface area contributed by atoms with Crippen LogP contribution in [0.1, 0.15) is 16.3 Å². The molecule has 0 radical (unpaired) electrons. The van der Waals surface area contributed by atoms with Gasteiger partial charge in [0.25, 0.3) is 0 Å². The Hall–Kier alpha value is -1.64. The van der Waals surface area contributed by atoms with Crippen molar-refractivity contribution in [3.05, 3.63) is 56.4 Å². The standard InChI is InChI=1S/C17H17BrN4OS2/c1-11-8-12(5-6-14(11)18)19-16(23)10-25-17-21-20-15(22(17)2)9-13-4-3-7-24-13/h3-8H,9-10H2,1-2H3,(H,19,23). The first kappa shape index (κ1) is 18.2. The predicted octanol–water partition coefficient (Wildman–Crippen LogP) is 4.27. The third kappa shape index (κ3) is 4.71. The number of aromatic nitrogens is 3. The van der Waals surface area contributed by atoms with Crippen LogP contribution in [0.3, 0.4) is 0 Å². The molecule has 0 spiro atoms. The minimum Gasteiger partial charge on any atom is -0.325 e. The third-order valence-corrected chi connectivity index (χ3v) is 6.40. The van der Waals surface area contributed by atoms with E-state index in [1.807, 2.05) is 42.8 Å². The highest BCUT2D eigenvalue weighted by atomic mass is 79.9. The van der Waals surface area contributed by atoms with Crippen LogP contribution in [0.2, 0.25) is 0 Å². The molecule has 8 heteroatoms. The lowest BCUT2D eigenvalue weighted by Crippen LogP contribution is -2.14. The quantitative estimate of drug-likeness (QED) is 0.586. The van der Waals surface area contributed by atoms with Gasteiger partial charge >= 0.3 is 0 Å². The molecule has 2 heterocycles. The highest BCUT2D eigenvalue weighted by molar-refractivity contribution is 9.10. The fourth-order valence-corrected chi connectivity index (χ4v) is 3.92. The van der Waals surface area contributed by atoms with E-state index in [1.54, 1.807) is 11.3 Å². The van der Waals surface area contributed by atoms with Gasteiger partial charge in [0.2, 0.25) is 5.91 Å². The molecule has 5 nitrogen and oxygen atoms in total. The lowest BCUT2D eigenvalue weighted by Gasteiger charge is -2.07. The zero-order valence-corrected chi connectivity index (χ0v) is 17.0. The molecule has 0 aliphatic carbocycles. The van der Waals surface area contributed by atoms with E-state index in [0.29, 0.717) is 5.75 Å². The van der Waals surface area contributed by atoms with Crippen molar-refractivity contribution in [2.24, 2.45) is 7.05 Å². The van der Waals surface area contributed by atoms with Gasteiger partial charge in [0.05, 0.1) is 5.75 Å². The third-order valence-electron chi connectivity index (χ3n) is 3.61. The smallest absolute Gasteiger partial charge is 0.234 e. The van der Waals surface area contributed by atoms with Crippen molar-refractivity contribution < 1.29 is 4.79 Å². The van der Waals surface area contributed by atoms with Gasteiger partial charge in [-0.3, -0.25) is 4.79 Å². The molecule has 1 amide bonds.